The summed E-state index contributed by atoms with van der Waals surface area (Å²) >= 11 is 1.62. The van der Waals surface area contributed by atoms with Gasteiger partial charge in [-0.1, -0.05) is 36.0 Å². The number of nitrogens with zero attached hydrogens (tertiary/aromatic N) is 3. The standard InChI is InChI=1S/C24H27F3N4O2S/c25-24(26,27)17-33-15-3-10-30-11-13-31(14-12-30)22(32)19-8-6-18(7-9-19)16-34-23-28-20-4-1-2-5-21(20)29-23/h1-2,4-9H,3,10-17H2,(H,28,29). The highest BCUT2D eigenvalue weighted by Gasteiger charge is 2.27. The Bertz CT molecular complexity index is 1050. The highest BCUT2D eigenvalue weighted by molar-refractivity contribution is 7.98. The summed E-state index contributed by atoms with van der Waals surface area (Å²) in [5.74, 6) is 0.754. The molecule has 1 saturated heterocycles. The molecule has 0 atom stereocenters. The summed E-state index contributed by atoms with van der Waals surface area (Å²) in [4.78, 5) is 24.7. The van der Waals surface area contributed by atoms with Crippen LogP contribution in [-0.4, -0.2) is 77.8 Å². The summed E-state index contributed by atoms with van der Waals surface area (Å²) in [6.07, 6.45) is -3.74. The second kappa shape index (κ2) is 11.2. The highest BCUT2D eigenvalue weighted by atomic mass is 32.2. The van der Waals surface area contributed by atoms with Crippen LogP contribution < -0.4 is 0 Å². The van der Waals surface area contributed by atoms with Crippen LogP contribution in [0.5, 0.6) is 0 Å². The molecule has 182 valence electrons. The maximum atomic E-state index is 12.9. The monoisotopic (exact) mass is 492 g/mol. The third-order valence-electron chi connectivity index (χ3n) is 5.63. The number of piperazine rings is 1. The van der Waals surface area contributed by atoms with Crippen molar-refractivity contribution < 1.29 is 22.7 Å². The van der Waals surface area contributed by atoms with Gasteiger partial charge in [-0.15, -0.1) is 0 Å². The Labute approximate surface area is 200 Å². The number of aromatic nitrogens is 2. The largest absolute Gasteiger partial charge is 0.411 e. The molecule has 0 saturated carbocycles. The zero-order valence-corrected chi connectivity index (χ0v) is 19.5. The van der Waals surface area contributed by atoms with Gasteiger partial charge in [-0.2, -0.15) is 13.2 Å². The molecule has 2 aromatic carbocycles. The maximum Gasteiger partial charge on any atom is 0.411 e. The number of ether oxygens (including phenoxy) is 1. The van der Waals surface area contributed by atoms with E-state index in [1.165, 1.54) is 0 Å². The second-order valence-corrected chi connectivity index (χ2v) is 9.16. The van der Waals surface area contributed by atoms with Crippen molar-refractivity contribution in [2.24, 2.45) is 0 Å². The number of thioether (sulfide) groups is 1. The predicted molar refractivity (Wildman–Crippen MR) is 126 cm³/mol. The Morgan fingerprint density at radius 3 is 2.50 bits per heavy atom. The molecule has 2 heterocycles. The predicted octanol–water partition coefficient (Wildman–Crippen LogP) is 4.58. The zero-order chi connectivity index (χ0) is 24.0. The van der Waals surface area contributed by atoms with Gasteiger partial charge in [0.2, 0.25) is 0 Å². The number of fused-ring (bicyclic) bond motifs is 1. The van der Waals surface area contributed by atoms with Gasteiger partial charge in [0.25, 0.3) is 5.91 Å². The lowest BCUT2D eigenvalue weighted by Crippen LogP contribution is -2.49. The molecule has 1 aliphatic rings. The van der Waals surface area contributed by atoms with Gasteiger partial charge in [-0.3, -0.25) is 9.69 Å². The third kappa shape index (κ3) is 6.97. The Kier molecular flexibility index (Phi) is 8.12. The first-order chi connectivity index (χ1) is 16.4. The first kappa shape index (κ1) is 24.6. The number of H-pyrrole nitrogens is 1. The molecule has 1 amide bonds. The Morgan fingerprint density at radius 1 is 1.06 bits per heavy atom. The van der Waals surface area contributed by atoms with Crippen LogP contribution in [0, 0.1) is 0 Å². The van der Waals surface area contributed by atoms with Gasteiger partial charge in [0, 0.05) is 50.6 Å². The van der Waals surface area contributed by atoms with Crippen LogP contribution in [0.25, 0.3) is 11.0 Å². The number of hydrogen-bond donors (Lipinski definition) is 1. The lowest BCUT2D eigenvalue weighted by Gasteiger charge is -2.34. The molecular formula is C24H27F3N4O2S. The number of carbonyl (C=O) groups excluding carboxylic acids is 1. The molecule has 4 rings (SSSR count). The quantitative estimate of drug-likeness (QED) is 0.350. The molecule has 0 spiro atoms. The number of carbonyl (C=O) groups is 1. The van der Waals surface area contributed by atoms with E-state index < -0.39 is 12.8 Å². The van der Waals surface area contributed by atoms with Crippen molar-refractivity contribution >= 4 is 28.7 Å². The molecular weight excluding hydrogens is 465 g/mol. The summed E-state index contributed by atoms with van der Waals surface area (Å²) < 4.78 is 40.9. The van der Waals surface area contributed by atoms with E-state index in [1.54, 1.807) is 11.8 Å². The molecule has 10 heteroatoms. The topological polar surface area (TPSA) is 61.5 Å². The highest BCUT2D eigenvalue weighted by Crippen LogP contribution is 2.23. The van der Waals surface area contributed by atoms with Crippen LogP contribution in [0.1, 0.15) is 22.3 Å². The molecule has 1 N–H and O–H groups in total. The number of amides is 1. The Morgan fingerprint density at radius 2 is 1.79 bits per heavy atom. The zero-order valence-electron chi connectivity index (χ0n) is 18.7. The number of hydrogen-bond acceptors (Lipinski definition) is 5. The molecule has 6 nitrogen and oxygen atoms in total. The normalized spacial score (nSPS) is 15.2. The number of alkyl halides is 3. The minimum atomic E-state index is -4.28. The summed E-state index contributed by atoms with van der Waals surface area (Å²) in [5, 5.41) is 0.867. The lowest BCUT2D eigenvalue weighted by molar-refractivity contribution is -0.174. The van der Waals surface area contributed by atoms with Gasteiger partial charge >= 0.3 is 6.18 Å². The van der Waals surface area contributed by atoms with Crippen molar-refractivity contribution in [3.8, 4) is 0 Å². The van der Waals surface area contributed by atoms with Gasteiger partial charge < -0.3 is 14.6 Å². The fraction of sp³-hybridized carbons (Fsp3) is 0.417. The van der Waals surface area contributed by atoms with E-state index in [0.717, 1.165) is 27.5 Å². The van der Waals surface area contributed by atoms with Crippen LogP contribution in [0.15, 0.2) is 53.7 Å². The minimum Gasteiger partial charge on any atom is -0.372 e. The van der Waals surface area contributed by atoms with Crippen LogP contribution in [0.4, 0.5) is 13.2 Å². The molecule has 0 bridgehead atoms. The van der Waals surface area contributed by atoms with Crippen molar-refractivity contribution in [2.45, 2.75) is 23.5 Å². The average Bonchev–Trinajstić information content (AvgIpc) is 3.25. The van der Waals surface area contributed by atoms with Crippen LogP contribution >= 0.6 is 11.8 Å². The van der Waals surface area contributed by atoms with E-state index in [9.17, 15) is 18.0 Å². The first-order valence-corrected chi connectivity index (χ1v) is 12.2. The number of para-hydroxylation sites is 2. The van der Waals surface area contributed by atoms with Gasteiger partial charge in [0.1, 0.15) is 6.61 Å². The number of benzene rings is 2. The molecule has 3 aromatic rings. The maximum absolute atomic E-state index is 12.9. The number of imidazole rings is 1. The first-order valence-electron chi connectivity index (χ1n) is 11.2. The molecule has 34 heavy (non-hydrogen) atoms. The summed E-state index contributed by atoms with van der Waals surface area (Å²) in [6.45, 7) is 2.16. The minimum absolute atomic E-state index is 0.00430. The third-order valence-corrected chi connectivity index (χ3v) is 6.58. The molecule has 0 radical (unpaired) electrons. The Balaban J connectivity index is 1.18. The number of halogens is 3. The van der Waals surface area contributed by atoms with Gasteiger partial charge in [0.15, 0.2) is 5.16 Å². The lowest BCUT2D eigenvalue weighted by atomic mass is 10.1. The number of nitrogens with one attached hydrogen (secondary N) is 1. The van der Waals surface area contributed by atoms with Crippen molar-refractivity contribution in [3.63, 3.8) is 0 Å². The number of aromatic amines is 1. The fourth-order valence-corrected chi connectivity index (χ4v) is 4.67. The summed E-state index contributed by atoms with van der Waals surface area (Å²) in [5.41, 5.74) is 3.73. The van der Waals surface area contributed by atoms with E-state index in [0.29, 0.717) is 44.7 Å². The molecule has 0 unspecified atom stereocenters. The summed E-state index contributed by atoms with van der Waals surface area (Å²) in [6, 6.07) is 15.6. The molecule has 1 aliphatic heterocycles. The molecule has 1 aromatic heterocycles. The van der Waals surface area contributed by atoms with Crippen molar-refractivity contribution in [1.82, 2.24) is 19.8 Å². The molecule has 1 fully saturated rings. The number of rotatable bonds is 9. The van der Waals surface area contributed by atoms with E-state index in [-0.39, 0.29) is 12.5 Å². The van der Waals surface area contributed by atoms with Crippen molar-refractivity contribution in [2.75, 3.05) is 45.9 Å². The van der Waals surface area contributed by atoms with E-state index in [2.05, 4.69) is 19.6 Å². The van der Waals surface area contributed by atoms with E-state index in [4.69, 9.17) is 0 Å². The van der Waals surface area contributed by atoms with Crippen LogP contribution in [-0.2, 0) is 10.5 Å². The van der Waals surface area contributed by atoms with Gasteiger partial charge in [0.05, 0.1) is 11.0 Å². The molecule has 0 aliphatic carbocycles. The summed E-state index contributed by atoms with van der Waals surface area (Å²) in [7, 11) is 0. The SMILES string of the molecule is O=C(c1ccc(CSc2nc3ccccc3[nH]2)cc1)N1CCN(CCCOCC(F)(F)F)CC1. The fourth-order valence-electron chi connectivity index (χ4n) is 3.83. The van der Waals surface area contributed by atoms with Crippen molar-refractivity contribution in [3.05, 3.63) is 59.7 Å². The second-order valence-electron chi connectivity index (χ2n) is 8.20. The smallest absolute Gasteiger partial charge is 0.372 e. The van der Waals surface area contributed by atoms with E-state index in [1.807, 2.05) is 53.4 Å². The Hall–Kier alpha value is -2.56. The van der Waals surface area contributed by atoms with Crippen molar-refractivity contribution in [1.29, 1.82) is 0 Å². The van der Waals surface area contributed by atoms with Crippen LogP contribution in [0.2, 0.25) is 0 Å². The van der Waals surface area contributed by atoms with Crippen LogP contribution in [0.3, 0.4) is 0 Å². The van der Waals surface area contributed by atoms with Gasteiger partial charge in [-0.25, -0.2) is 4.98 Å². The van der Waals surface area contributed by atoms with Gasteiger partial charge in [-0.05, 0) is 36.2 Å². The average molecular weight is 493 g/mol. The van der Waals surface area contributed by atoms with E-state index >= 15 is 0 Å².